The van der Waals surface area contributed by atoms with Gasteiger partial charge in [0.05, 0.1) is 36.0 Å². The summed E-state index contributed by atoms with van der Waals surface area (Å²) in [6, 6.07) is 20.1. The molecule has 3 aromatic carbocycles. The van der Waals surface area contributed by atoms with E-state index in [1.165, 1.54) is 7.11 Å². The number of hydrogen-bond acceptors (Lipinski definition) is 7. The number of hydrazine groups is 1. The van der Waals surface area contributed by atoms with Crippen LogP contribution in [0.15, 0.2) is 82.9 Å². The molecule has 0 unspecified atom stereocenters. The Morgan fingerprint density at radius 1 is 0.900 bits per heavy atom. The molecule has 50 heavy (non-hydrogen) atoms. The number of aryl methyl sites for hydroxylation is 1. The minimum Gasteiger partial charge on any atom is -0.504 e. The Hall–Kier alpha value is -4.44. The van der Waals surface area contributed by atoms with Gasteiger partial charge in [-0.3, -0.25) is 29.5 Å². The number of phenolic OH excluding ortho intramolecular Hbond substituents is 1. The molecule has 10 heteroatoms. The summed E-state index contributed by atoms with van der Waals surface area (Å²) in [7, 11) is 1.47. The monoisotopic (exact) mass is 737 g/mol. The van der Waals surface area contributed by atoms with Crippen LogP contribution in [0.25, 0.3) is 0 Å². The Morgan fingerprint density at radius 3 is 2.32 bits per heavy atom. The van der Waals surface area contributed by atoms with Crippen LogP contribution in [0.5, 0.6) is 11.5 Å². The highest BCUT2D eigenvalue weighted by molar-refractivity contribution is 9.10. The van der Waals surface area contributed by atoms with E-state index in [2.05, 4.69) is 21.4 Å². The zero-order chi connectivity index (χ0) is 34.9. The first kappa shape index (κ1) is 32.7. The summed E-state index contributed by atoms with van der Waals surface area (Å²) < 4.78 is 6.23. The first-order valence-corrected chi connectivity index (χ1v) is 18.4. The molecule has 2 N–H and O–H groups in total. The topological polar surface area (TPSA) is 116 Å². The highest BCUT2D eigenvalue weighted by Gasteiger charge is 2.71. The number of carbonyl (C=O) groups is 4. The predicted molar refractivity (Wildman–Crippen MR) is 190 cm³/mol. The number of methoxy groups -OCH3 is 1. The molecular weight excluding hydrogens is 698 g/mol. The molecule has 2 saturated carbocycles. The number of ether oxygens (including phenoxy) is 1. The highest BCUT2D eigenvalue weighted by atomic mass is 79.9. The lowest BCUT2D eigenvalue weighted by Gasteiger charge is -2.50. The zero-order valence-corrected chi connectivity index (χ0v) is 29.7. The van der Waals surface area contributed by atoms with Crippen molar-refractivity contribution in [3.05, 3.63) is 99.5 Å². The smallest absolute Gasteiger partial charge is 0.260 e. The maximum absolute atomic E-state index is 15.3. The number of hydrogen-bond donors (Lipinski definition) is 2. The van der Waals surface area contributed by atoms with Crippen LogP contribution in [0.2, 0.25) is 0 Å². The van der Waals surface area contributed by atoms with Crippen LogP contribution in [0, 0.1) is 30.6 Å². The summed E-state index contributed by atoms with van der Waals surface area (Å²) in [5, 5.41) is 13.0. The van der Waals surface area contributed by atoms with Gasteiger partial charge >= 0.3 is 0 Å². The number of imide groups is 2. The summed E-state index contributed by atoms with van der Waals surface area (Å²) in [4.78, 5) is 60.3. The van der Waals surface area contributed by atoms with Crippen LogP contribution in [-0.2, 0) is 24.6 Å². The Morgan fingerprint density at radius 2 is 1.62 bits per heavy atom. The van der Waals surface area contributed by atoms with E-state index in [1.54, 1.807) is 17.0 Å². The molecule has 8 rings (SSSR count). The fraction of sp³-hybridized carbons (Fsp3) is 0.400. The van der Waals surface area contributed by atoms with Gasteiger partial charge < -0.3 is 9.84 Å². The van der Waals surface area contributed by atoms with Crippen LogP contribution in [0.3, 0.4) is 0 Å². The number of aromatic hydroxyl groups is 1. The van der Waals surface area contributed by atoms with Gasteiger partial charge in [-0.1, -0.05) is 94.9 Å². The molecule has 0 radical (unpaired) electrons. The largest absolute Gasteiger partial charge is 0.504 e. The van der Waals surface area contributed by atoms with Crippen molar-refractivity contribution in [2.75, 3.05) is 12.5 Å². The molecular formula is C40H40BrN3O6. The number of amides is 4. The van der Waals surface area contributed by atoms with Crippen LogP contribution >= 0.6 is 15.9 Å². The van der Waals surface area contributed by atoms with Crippen LogP contribution in [0.1, 0.15) is 67.6 Å². The molecule has 5 aliphatic rings. The van der Waals surface area contributed by atoms with E-state index in [0.29, 0.717) is 27.7 Å². The lowest BCUT2D eigenvalue weighted by atomic mass is 9.49. The molecule has 2 aliphatic heterocycles. The lowest BCUT2D eigenvalue weighted by molar-refractivity contribution is -0.144. The third kappa shape index (κ3) is 4.77. The number of halogens is 1. The quantitative estimate of drug-likeness (QED) is 0.212. The van der Waals surface area contributed by atoms with Gasteiger partial charge in [-0.05, 0) is 68.4 Å². The van der Waals surface area contributed by atoms with Crippen molar-refractivity contribution in [2.45, 2.75) is 69.2 Å². The molecule has 4 amide bonds. The van der Waals surface area contributed by atoms with E-state index >= 15 is 4.79 Å². The second-order valence-corrected chi connectivity index (χ2v) is 15.4. The van der Waals surface area contributed by atoms with Crippen LogP contribution < -0.4 is 10.2 Å². The second kappa shape index (κ2) is 12.4. The number of nitrogens with zero attached hydrogens (tertiary/aromatic N) is 2. The van der Waals surface area contributed by atoms with Crippen LogP contribution in [-0.4, -0.2) is 51.8 Å². The van der Waals surface area contributed by atoms with Gasteiger partial charge in [-0.25, -0.2) is 0 Å². The van der Waals surface area contributed by atoms with Gasteiger partial charge in [0.2, 0.25) is 11.8 Å². The molecule has 3 aliphatic carbocycles. The van der Waals surface area contributed by atoms with E-state index in [9.17, 15) is 19.5 Å². The molecule has 0 bridgehead atoms. The van der Waals surface area contributed by atoms with Gasteiger partial charge in [-0.15, -0.1) is 0 Å². The number of anilines is 1. The molecule has 3 aromatic rings. The highest BCUT2D eigenvalue weighted by Crippen LogP contribution is 2.65. The van der Waals surface area contributed by atoms with Crippen molar-refractivity contribution in [1.29, 1.82) is 0 Å². The standard InChI is InChI=1S/C40H40BrN3O6/c1-22-13-15-25(16-14-22)42-44-37(47)31-21-29-27(17-18-28-33(29)38(48)43(36(28)46)26-11-7-4-8-12-26)34(30-19-24(41)20-32(50-2)35(30)45)40(31,39(44)49)23-9-5-3-6-10-23/h3,5-6,9-10,13-17,19-20,26,28-29,31,33-34,42,45H,4,7-8,11-12,18,21H2,1-2H3/t28-,29+,31-,33-,34+,40+/m0/s1. The third-order valence-electron chi connectivity index (χ3n) is 12.0. The molecule has 258 valence electrons. The Balaban J connectivity index is 1.34. The Labute approximate surface area is 299 Å². The van der Waals surface area contributed by atoms with Gasteiger partial charge in [-0.2, -0.15) is 5.01 Å². The van der Waals surface area contributed by atoms with Crippen LogP contribution in [0.4, 0.5) is 5.69 Å². The maximum Gasteiger partial charge on any atom is 0.260 e. The second-order valence-electron chi connectivity index (χ2n) is 14.5. The minimum atomic E-state index is -1.48. The van der Waals surface area contributed by atoms with Gasteiger partial charge in [0, 0.05) is 22.0 Å². The fourth-order valence-electron chi connectivity index (χ4n) is 9.79. The lowest BCUT2D eigenvalue weighted by Crippen LogP contribution is -2.53. The molecule has 4 fully saturated rings. The number of phenols is 1. The van der Waals surface area contributed by atoms with Crippen molar-refractivity contribution in [3.63, 3.8) is 0 Å². The number of rotatable bonds is 6. The number of benzene rings is 3. The van der Waals surface area contributed by atoms with E-state index in [-0.39, 0.29) is 35.8 Å². The number of fused-ring (bicyclic) bond motifs is 4. The summed E-state index contributed by atoms with van der Waals surface area (Å²) in [6.07, 6.45) is 7.25. The molecule has 9 nitrogen and oxygen atoms in total. The molecule has 2 saturated heterocycles. The van der Waals surface area contributed by atoms with Crippen molar-refractivity contribution in [3.8, 4) is 11.5 Å². The van der Waals surface area contributed by atoms with Gasteiger partial charge in [0.25, 0.3) is 11.8 Å². The Bertz CT molecular complexity index is 1920. The summed E-state index contributed by atoms with van der Waals surface area (Å²) in [6.45, 7) is 1.96. The number of nitrogens with one attached hydrogen (secondary N) is 1. The van der Waals surface area contributed by atoms with Crippen molar-refractivity contribution >= 4 is 45.2 Å². The van der Waals surface area contributed by atoms with E-state index < -0.39 is 46.8 Å². The summed E-state index contributed by atoms with van der Waals surface area (Å²) in [5.41, 5.74) is 5.11. The van der Waals surface area contributed by atoms with E-state index in [4.69, 9.17) is 4.74 Å². The average Bonchev–Trinajstić information content (AvgIpc) is 3.51. The first-order chi connectivity index (χ1) is 24.2. The molecule has 0 spiro atoms. The van der Waals surface area contributed by atoms with E-state index in [0.717, 1.165) is 48.2 Å². The zero-order valence-electron chi connectivity index (χ0n) is 28.1. The molecule has 0 aromatic heterocycles. The van der Waals surface area contributed by atoms with Crippen molar-refractivity contribution < 1.29 is 29.0 Å². The number of likely N-dealkylation sites (tertiary alicyclic amines) is 1. The number of allylic oxidation sites excluding steroid dienone is 2. The molecule has 2 heterocycles. The maximum atomic E-state index is 15.3. The van der Waals surface area contributed by atoms with Gasteiger partial charge in [0.1, 0.15) is 0 Å². The fourth-order valence-corrected chi connectivity index (χ4v) is 10.2. The third-order valence-corrected chi connectivity index (χ3v) is 12.4. The summed E-state index contributed by atoms with van der Waals surface area (Å²) in [5.74, 6) is -4.50. The van der Waals surface area contributed by atoms with Gasteiger partial charge in [0.15, 0.2) is 11.5 Å². The van der Waals surface area contributed by atoms with E-state index in [1.807, 2.05) is 67.6 Å². The SMILES string of the molecule is COc1cc(Br)cc([C@H]2C3=CC[C@@H]4C(=O)N(C5CCCCC5)C(=O)[C@@H]4[C@@H]3C[C@H]3C(=O)N(Nc4ccc(C)cc4)C(=O)[C@@]23c2ccccc2)c1O. The summed E-state index contributed by atoms with van der Waals surface area (Å²) >= 11 is 3.60. The van der Waals surface area contributed by atoms with Crippen molar-refractivity contribution in [2.24, 2.45) is 23.7 Å². The predicted octanol–water partition coefficient (Wildman–Crippen LogP) is 6.79. The normalized spacial score (nSPS) is 29.4. The minimum absolute atomic E-state index is 0.108. The average molecular weight is 739 g/mol. The molecule has 6 atom stereocenters. The number of carbonyl (C=O) groups excluding carboxylic acids is 4. The Kier molecular flexibility index (Phi) is 8.12. The first-order valence-electron chi connectivity index (χ1n) is 17.6. The van der Waals surface area contributed by atoms with Crippen molar-refractivity contribution in [1.82, 2.24) is 9.91 Å².